The molecule has 32 heavy (non-hydrogen) atoms. The zero-order chi connectivity index (χ0) is 23.3. The van der Waals surface area contributed by atoms with E-state index in [9.17, 15) is 9.59 Å². The number of aryl methyl sites for hydroxylation is 1. The molecule has 0 bridgehead atoms. The summed E-state index contributed by atoms with van der Waals surface area (Å²) in [6.07, 6.45) is 1.86. The molecule has 9 heteroatoms. The minimum Gasteiger partial charge on any atom is -0.493 e. The van der Waals surface area contributed by atoms with Gasteiger partial charge in [0.05, 0.1) is 26.2 Å². The van der Waals surface area contributed by atoms with Crippen LogP contribution < -0.4 is 19.5 Å². The maximum Gasteiger partial charge on any atom is 0.266 e. The monoisotopic (exact) mass is 472 g/mol. The molecule has 0 saturated carbocycles. The predicted octanol–water partition coefficient (Wildman–Crippen LogP) is 4.25. The lowest BCUT2D eigenvalue weighted by atomic mass is 10.1. The van der Waals surface area contributed by atoms with Crippen LogP contribution in [0.4, 0.5) is 5.69 Å². The third-order valence-corrected chi connectivity index (χ3v) is 6.13. The van der Waals surface area contributed by atoms with E-state index in [0.29, 0.717) is 37.7 Å². The lowest BCUT2D eigenvalue weighted by Gasteiger charge is -2.14. The van der Waals surface area contributed by atoms with Gasteiger partial charge in [-0.2, -0.15) is 0 Å². The van der Waals surface area contributed by atoms with E-state index in [1.807, 2.05) is 31.2 Å². The second kappa shape index (κ2) is 10.5. The van der Waals surface area contributed by atoms with Crippen molar-refractivity contribution >= 4 is 51.9 Å². The molecule has 0 unspecified atom stereocenters. The number of ether oxygens (including phenoxy) is 3. The highest BCUT2D eigenvalue weighted by molar-refractivity contribution is 8.26. The Balaban J connectivity index is 1.69. The molecular formula is C23H24N2O5S2. The quantitative estimate of drug-likeness (QED) is 0.455. The first-order chi connectivity index (χ1) is 15.4. The SMILES string of the molecule is COc1cc(/C=C2/SC(=S)N(CCC(=O)Nc3ccc(C)cc3)C2=O)cc(OC)c1OC. The van der Waals surface area contributed by atoms with Gasteiger partial charge in [-0.15, -0.1) is 0 Å². The minimum absolute atomic E-state index is 0.137. The van der Waals surface area contributed by atoms with E-state index in [0.717, 1.165) is 5.56 Å². The normalized spacial score (nSPS) is 14.6. The molecule has 1 heterocycles. The number of rotatable bonds is 8. The first-order valence-corrected chi connectivity index (χ1v) is 11.0. The lowest BCUT2D eigenvalue weighted by molar-refractivity contribution is -0.122. The van der Waals surface area contributed by atoms with E-state index >= 15 is 0 Å². The summed E-state index contributed by atoms with van der Waals surface area (Å²) in [6, 6.07) is 11.0. The number of hydrogen-bond acceptors (Lipinski definition) is 7. The molecule has 1 aliphatic heterocycles. The largest absolute Gasteiger partial charge is 0.493 e. The van der Waals surface area contributed by atoms with Crippen molar-refractivity contribution in [3.8, 4) is 17.2 Å². The molecule has 1 saturated heterocycles. The summed E-state index contributed by atoms with van der Waals surface area (Å²) in [7, 11) is 4.59. The van der Waals surface area contributed by atoms with Crippen LogP contribution in [0.2, 0.25) is 0 Å². The van der Waals surface area contributed by atoms with Crippen LogP contribution in [-0.4, -0.2) is 48.9 Å². The Morgan fingerprint density at radius 3 is 2.28 bits per heavy atom. The Morgan fingerprint density at radius 1 is 1.09 bits per heavy atom. The number of nitrogens with one attached hydrogen (secondary N) is 1. The average Bonchev–Trinajstić information content (AvgIpc) is 3.05. The Morgan fingerprint density at radius 2 is 1.72 bits per heavy atom. The highest BCUT2D eigenvalue weighted by Gasteiger charge is 2.32. The molecule has 2 amide bonds. The van der Waals surface area contributed by atoms with Gasteiger partial charge in [-0.05, 0) is 42.8 Å². The number of carbonyl (C=O) groups is 2. The second-order valence-corrected chi connectivity index (χ2v) is 8.63. The molecule has 2 aromatic rings. The molecule has 1 aliphatic rings. The van der Waals surface area contributed by atoms with Gasteiger partial charge in [-0.3, -0.25) is 14.5 Å². The fraction of sp³-hybridized carbons (Fsp3) is 0.261. The van der Waals surface area contributed by atoms with Crippen molar-refractivity contribution in [3.05, 3.63) is 52.4 Å². The number of amides is 2. The fourth-order valence-electron chi connectivity index (χ4n) is 3.10. The standard InChI is InChI=1S/C23H24N2O5S2/c1-14-5-7-16(8-6-14)24-20(26)9-10-25-22(27)19(32-23(25)31)13-15-11-17(28-2)21(30-4)18(12-15)29-3/h5-8,11-13H,9-10H2,1-4H3,(H,24,26)/b19-13+. The van der Waals surface area contributed by atoms with E-state index in [2.05, 4.69) is 5.32 Å². The molecule has 2 aromatic carbocycles. The predicted molar refractivity (Wildman–Crippen MR) is 130 cm³/mol. The summed E-state index contributed by atoms with van der Waals surface area (Å²) in [5.41, 5.74) is 2.53. The Labute approximate surface area is 196 Å². The zero-order valence-corrected chi connectivity index (χ0v) is 19.9. The van der Waals surface area contributed by atoms with Crippen molar-refractivity contribution < 1.29 is 23.8 Å². The van der Waals surface area contributed by atoms with Crippen LogP contribution in [0.1, 0.15) is 17.5 Å². The minimum atomic E-state index is -0.239. The number of thioether (sulfide) groups is 1. The third-order valence-electron chi connectivity index (χ3n) is 4.76. The van der Waals surface area contributed by atoms with Crippen molar-refractivity contribution in [3.63, 3.8) is 0 Å². The van der Waals surface area contributed by atoms with Crippen LogP contribution in [0.15, 0.2) is 41.3 Å². The molecule has 168 valence electrons. The van der Waals surface area contributed by atoms with Crippen LogP contribution in [-0.2, 0) is 9.59 Å². The molecule has 1 fully saturated rings. The molecule has 0 aromatic heterocycles. The van der Waals surface area contributed by atoms with Gasteiger partial charge < -0.3 is 19.5 Å². The molecule has 0 spiro atoms. The summed E-state index contributed by atoms with van der Waals surface area (Å²) in [4.78, 5) is 27.1. The van der Waals surface area contributed by atoms with Crippen molar-refractivity contribution in [1.29, 1.82) is 0 Å². The number of benzene rings is 2. The van der Waals surface area contributed by atoms with E-state index in [4.69, 9.17) is 26.4 Å². The van der Waals surface area contributed by atoms with Gasteiger partial charge in [0, 0.05) is 18.7 Å². The van der Waals surface area contributed by atoms with Crippen LogP contribution in [0, 0.1) is 6.92 Å². The summed E-state index contributed by atoms with van der Waals surface area (Å²) in [5, 5.41) is 2.83. The van der Waals surface area contributed by atoms with Crippen molar-refractivity contribution in [2.75, 3.05) is 33.2 Å². The third kappa shape index (κ3) is 5.41. The highest BCUT2D eigenvalue weighted by Crippen LogP contribution is 2.40. The average molecular weight is 473 g/mol. The van der Waals surface area contributed by atoms with Gasteiger partial charge in [-0.1, -0.05) is 41.7 Å². The maximum atomic E-state index is 12.9. The Hall–Kier alpha value is -3.04. The molecular weight excluding hydrogens is 448 g/mol. The van der Waals surface area contributed by atoms with Gasteiger partial charge in [0.2, 0.25) is 11.7 Å². The summed E-state index contributed by atoms with van der Waals surface area (Å²) in [6.45, 7) is 2.18. The second-order valence-electron chi connectivity index (χ2n) is 6.96. The van der Waals surface area contributed by atoms with Gasteiger partial charge in [0.15, 0.2) is 11.5 Å². The maximum absolute atomic E-state index is 12.9. The van der Waals surface area contributed by atoms with Crippen molar-refractivity contribution in [2.45, 2.75) is 13.3 Å². The molecule has 3 rings (SSSR count). The van der Waals surface area contributed by atoms with E-state index in [1.54, 1.807) is 18.2 Å². The number of nitrogens with zero attached hydrogens (tertiary/aromatic N) is 1. The number of carbonyl (C=O) groups excluding carboxylic acids is 2. The van der Waals surface area contributed by atoms with Gasteiger partial charge in [0.25, 0.3) is 5.91 Å². The smallest absolute Gasteiger partial charge is 0.266 e. The number of anilines is 1. The van der Waals surface area contributed by atoms with Gasteiger partial charge >= 0.3 is 0 Å². The van der Waals surface area contributed by atoms with Crippen molar-refractivity contribution in [1.82, 2.24) is 4.90 Å². The molecule has 1 N–H and O–H groups in total. The first-order valence-electron chi connectivity index (χ1n) is 9.78. The summed E-state index contributed by atoms with van der Waals surface area (Å²) in [5.74, 6) is 1.02. The molecule has 0 atom stereocenters. The van der Waals surface area contributed by atoms with Crippen LogP contribution >= 0.6 is 24.0 Å². The molecule has 7 nitrogen and oxygen atoms in total. The van der Waals surface area contributed by atoms with E-state index in [-0.39, 0.29) is 24.8 Å². The van der Waals surface area contributed by atoms with Crippen LogP contribution in [0.25, 0.3) is 6.08 Å². The van der Waals surface area contributed by atoms with Gasteiger partial charge in [-0.25, -0.2) is 0 Å². The molecule has 0 radical (unpaired) electrons. The number of thiocarbonyl (C=S) groups is 1. The number of hydrogen-bond donors (Lipinski definition) is 1. The Kier molecular flexibility index (Phi) is 7.76. The molecule has 0 aliphatic carbocycles. The lowest BCUT2D eigenvalue weighted by Crippen LogP contribution is -2.31. The summed E-state index contributed by atoms with van der Waals surface area (Å²) >= 11 is 6.56. The van der Waals surface area contributed by atoms with Crippen LogP contribution in [0.5, 0.6) is 17.2 Å². The van der Waals surface area contributed by atoms with Crippen LogP contribution in [0.3, 0.4) is 0 Å². The zero-order valence-electron chi connectivity index (χ0n) is 18.3. The van der Waals surface area contributed by atoms with Crippen molar-refractivity contribution in [2.24, 2.45) is 0 Å². The first kappa shape index (κ1) is 23.6. The summed E-state index contributed by atoms with van der Waals surface area (Å²) < 4.78 is 16.5. The van der Waals surface area contributed by atoms with Gasteiger partial charge in [0.1, 0.15) is 4.32 Å². The Bertz CT molecular complexity index is 1040. The van der Waals surface area contributed by atoms with E-state index in [1.165, 1.54) is 38.0 Å². The number of methoxy groups -OCH3 is 3. The highest BCUT2D eigenvalue weighted by atomic mass is 32.2. The van der Waals surface area contributed by atoms with E-state index < -0.39 is 0 Å². The fourth-order valence-corrected chi connectivity index (χ4v) is 4.41. The topological polar surface area (TPSA) is 77.1 Å².